The maximum atomic E-state index is 5.96. The number of aryl methyl sites for hydroxylation is 1. The third-order valence-electron chi connectivity index (χ3n) is 3.76. The van der Waals surface area contributed by atoms with E-state index in [1.807, 2.05) is 24.3 Å². The predicted octanol–water partition coefficient (Wildman–Crippen LogP) is 3.87. The van der Waals surface area contributed by atoms with Gasteiger partial charge in [-0.05, 0) is 55.8 Å². The molecular formula is C19H27IN4O. The highest BCUT2D eigenvalue weighted by atomic mass is 127. The molecule has 0 aromatic heterocycles. The molecule has 6 heteroatoms. The summed E-state index contributed by atoms with van der Waals surface area (Å²) in [5.74, 6) is 1.23. The van der Waals surface area contributed by atoms with Gasteiger partial charge in [0.15, 0.2) is 5.96 Å². The van der Waals surface area contributed by atoms with Crippen molar-refractivity contribution in [3.05, 3.63) is 54.1 Å². The number of guanidine groups is 1. The van der Waals surface area contributed by atoms with E-state index >= 15 is 0 Å². The van der Waals surface area contributed by atoms with Gasteiger partial charge in [0.05, 0.1) is 13.7 Å². The summed E-state index contributed by atoms with van der Waals surface area (Å²) in [5.41, 5.74) is 9.32. The van der Waals surface area contributed by atoms with E-state index in [2.05, 4.69) is 53.3 Å². The molecule has 3 N–H and O–H groups in total. The van der Waals surface area contributed by atoms with Crippen LogP contribution in [0.4, 0.5) is 11.4 Å². The number of likely N-dealkylation sites (N-methyl/N-ethyl adjacent to an activating group) is 1. The molecular weight excluding hydrogens is 427 g/mol. The lowest BCUT2D eigenvalue weighted by atomic mass is 10.2. The molecule has 5 nitrogen and oxygen atoms in total. The molecule has 0 aliphatic carbocycles. The van der Waals surface area contributed by atoms with Crippen LogP contribution >= 0.6 is 24.0 Å². The fraction of sp³-hybridized carbons (Fsp3) is 0.316. The van der Waals surface area contributed by atoms with E-state index in [0.29, 0.717) is 12.5 Å². The van der Waals surface area contributed by atoms with Crippen molar-refractivity contribution in [3.8, 4) is 5.75 Å². The van der Waals surface area contributed by atoms with Gasteiger partial charge in [-0.3, -0.25) is 4.99 Å². The molecule has 0 aliphatic heterocycles. The summed E-state index contributed by atoms with van der Waals surface area (Å²) in [5, 5.41) is 3.09. The first-order valence-corrected chi connectivity index (χ1v) is 8.15. The zero-order valence-electron chi connectivity index (χ0n) is 15.0. The Labute approximate surface area is 167 Å². The van der Waals surface area contributed by atoms with Gasteiger partial charge in [0.2, 0.25) is 0 Å². The highest BCUT2D eigenvalue weighted by Gasteiger charge is 2.04. The lowest BCUT2D eigenvalue weighted by Crippen LogP contribution is -2.28. The topological polar surface area (TPSA) is 62.9 Å². The molecule has 0 aliphatic rings. The zero-order chi connectivity index (χ0) is 17.4. The quantitative estimate of drug-likeness (QED) is 0.379. The standard InChI is InChI=1S/C19H26N4O.HI/c1-4-23(17-7-5-6-15(2)14-17)13-12-21-19(20)22-16-8-10-18(24-3)11-9-16;/h5-11,14H,4,12-13H2,1-3H3,(H3,20,21,22);1H. The first kappa shape index (κ1) is 21.1. The number of nitrogens with two attached hydrogens (primary N) is 1. The maximum Gasteiger partial charge on any atom is 0.193 e. The van der Waals surface area contributed by atoms with Crippen molar-refractivity contribution >= 4 is 41.3 Å². The Hall–Kier alpha value is -1.96. The minimum absolute atomic E-state index is 0. The highest BCUT2D eigenvalue weighted by Crippen LogP contribution is 2.16. The first-order chi connectivity index (χ1) is 11.6. The summed E-state index contributed by atoms with van der Waals surface area (Å²) in [6.07, 6.45) is 0. The molecule has 0 amide bonds. The van der Waals surface area contributed by atoms with Gasteiger partial charge in [-0.25, -0.2) is 0 Å². The molecule has 2 rings (SSSR count). The van der Waals surface area contributed by atoms with E-state index in [1.54, 1.807) is 7.11 Å². The number of nitrogens with zero attached hydrogens (tertiary/aromatic N) is 2. The first-order valence-electron chi connectivity index (χ1n) is 8.15. The average molecular weight is 454 g/mol. The van der Waals surface area contributed by atoms with Crippen LogP contribution in [0.15, 0.2) is 53.5 Å². The third kappa shape index (κ3) is 6.81. The van der Waals surface area contributed by atoms with Crippen LogP contribution in [-0.2, 0) is 0 Å². The monoisotopic (exact) mass is 454 g/mol. The Morgan fingerprint density at radius 2 is 1.92 bits per heavy atom. The smallest absolute Gasteiger partial charge is 0.193 e. The van der Waals surface area contributed by atoms with Crippen molar-refractivity contribution in [1.82, 2.24) is 0 Å². The zero-order valence-corrected chi connectivity index (χ0v) is 17.4. The maximum absolute atomic E-state index is 5.96. The van der Waals surface area contributed by atoms with E-state index in [0.717, 1.165) is 24.5 Å². The molecule has 0 atom stereocenters. The molecule has 0 radical (unpaired) electrons. The van der Waals surface area contributed by atoms with Crippen molar-refractivity contribution in [3.63, 3.8) is 0 Å². The van der Waals surface area contributed by atoms with Crippen LogP contribution in [0.1, 0.15) is 12.5 Å². The number of nitrogens with one attached hydrogen (secondary N) is 1. The molecule has 0 spiro atoms. The van der Waals surface area contributed by atoms with Crippen molar-refractivity contribution in [2.45, 2.75) is 13.8 Å². The number of anilines is 2. The average Bonchev–Trinajstić information content (AvgIpc) is 2.59. The lowest BCUT2D eigenvalue weighted by molar-refractivity contribution is 0.415. The van der Waals surface area contributed by atoms with Gasteiger partial charge >= 0.3 is 0 Å². The second-order valence-corrected chi connectivity index (χ2v) is 5.54. The van der Waals surface area contributed by atoms with Crippen molar-refractivity contribution in [2.75, 3.05) is 37.0 Å². The van der Waals surface area contributed by atoms with Crippen LogP contribution in [0.2, 0.25) is 0 Å². The molecule has 2 aromatic carbocycles. The van der Waals surface area contributed by atoms with Gasteiger partial charge in [-0.2, -0.15) is 0 Å². The number of methoxy groups -OCH3 is 1. The number of benzene rings is 2. The Morgan fingerprint density at radius 3 is 2.52 bits per heavy atom. The molecule has 0 bridgehead atoms. The van der Waals surface area contributed by atoms with Crippen LogP contribution in [0.3, 0.4) is 0 Å². The van der Waals surface area contributed by atoms with Gasteiger partial charge < -0.3 is 20.7 Å². The van der Waals surface area contributed by atoms with Gasteiger partial charge in [-0.15, -0.1) is 24.0 Å². The van der Waals surface area contributed by atoms with Crippen molar-refractivity contribution < 1.29 is 4.74 Å². The summed E-state index contributed by atoms with van der Waals surface area (Å²) >= 11 is 0. The van der Waals surface area contributed by atoms with E-state index in [-0.39, 0.29) is 24.0 Å². The van der Waals surface area contributed by atoms with Crippen LogP contribution < -0.4 is 20.7 Å². The highest BCUT2D eigenvalue weighted by molar-refractivity contribution is 14.0. The molecule has 136 valence electrons. The minimum atomic E-state index is 0. The number of rotatable bonds is 7. The summed E-state index contributed by atoms with van der Waals surface area (Å²) in [7, 11) is 1.64. The fourth-order valence-electron chi connectivity index (χ4n) is 2.45. The lowest BCUT2D eigenvalue weighted by Gasteiger charge is -2.22. The number of hydrogen-bond acceptors (Lipinski definition) is 3. The van der Waals surface area contributed by atoms with Crippen LogP contribution in [0.25, 0.3) is 0 Å². The van der Waals surface area contributed by atoms with Crippen molar-refractivity contribution in [1.29, 1.82) is 0 Å². The van der Waals surface area contributed by atoms with Gasteiger partial charge in [-0.1, -0.05) is 12.1 Å². The molecule has 0 saturated carbocycles. The van der Waals surface area contributed by atoms with Gasteiger partial charge in [0, 0.05) is 24.5 Å². The second kappa shape index (κ2) is 10.8. The molecule has 0 fully saturated rings. The second-order valence-electron chi connectivity index (χ2n) is 5.54. The fourth-order valence-corrected chi connectivity index (χ4v) is 2.45. The summed E-state index contributed by atoms with van der Waals surface area (Å²) in [4.78, 5) is 6.70. The summed E-state index contributed by atoms with van der Waals surface area (Å²) in [6, 6.07) is 16.1. The number of ether oxygens (including phenoxy) is 1. The van der Waals surface area contributed by atoms with Crippen LogP contribution in [0, 0.1) is 6.92 Å². The largest absolute Gasteiger partial charge is 0.497 e. The van der Waals surface area contributed by atoms with E-state index < -0.39 is 0 Å². The molecule has 2 aromatic rings. The normalized spacial score (nSPS) is 10.8. The summed E-state index contributed by atoms with van der Waals surface area (Å²) < 4.78 is 5.13. The number of halogens is 1. The SMILES string of the molecule is CCN(CCN=C(N)Nc1ccc(OC)cc1)c1cccc(C)c1.I. The number of aliphatic imine (C=N–C) groups is 1. The van der Waals surface area contributed by atoms with Gasteiger partial charge in [0.25, 0.3) is 0 Å². The number of hydrogen-bond donors (Lipinski definition) is 2. The van der Waals surface area contributed by atoms with E-state index in [4.69, 9.17) is 10.5 Å². The van der Waals surface area contributed by atoms with Crippen LogP contribution in [0.5, 0.6) is 5.75 Å². The minimum Gasteiger partial charge on any atom is -0.497 e. The van der Waals surface area contributed by atoms with E-state index in [9.17, 15) is 0 Å². The summed E-state index contributed by atoms with van der Waals surface area (Å²) in [6.45, 7) is 6.64. The molecule has 25 heavy (non-hydrogen) atoms. The van der Waals surface area contributed by atoms with E-state index in [1.165, 1.54) is 11.3 Å². The Balaban J connectivity index is 0.00000312. The Kier molecular flexibility index (Phi) is 9.12. The van der Waals surface area contributed by atoms with Crippen molar-refractivity contribution in [2.24, 2.45) is 10.7 Å². The molecule has 0 saturated heterocycles. The van der Waals surface area contributed by atoms with Crippen LogP contribution in [-0.4, -0.2) is 32.7 Å². The predicted molar refractivity (Wildman–Crippen MR) is 118 cm³/mol. The Bertz CT molecular complexity index is 673. The molecule has 0 heterocycles. The van der Waals surface area contributed by atoms with Gasteiger partial charge in [0.1, 0.15) is 5.75 Å². The molecule has 0 unspecified atom stereocenters. The Morgan fingerprint density at radius 1 is 1.20 bits per heavy atom. The third-order valence-corrected chi connectivity index (χ3v) is 3.76.